The number of carbonyl (C=O) groups is 2. The molecule has 0 aromatic heterocycles. The number of methoxy groups -OCH3 is 1. The predicted octanol–water partition coefficient (Wildman–Crippen LogP) is -1.43. The van der Waals surface area contributed by atoms with E-state index in [1.165, 1.54) is 14.0 Å². The third-order valence-electron chi connectivity index (χ3n) is 2.63. The lowest BCUT2D eigenvalue weighted by Crippen LogP contribution is -2.60. The van der Waals surface area contributed by atoms with Crippen LogP contribution in [0.1, 0.15) is 13.8 Å². The van der Waals surface area contributed by atoms with Gasteiger partial charge in [0.2, 0.25) is 0 Å². The SMILES string of the molecule is CO[C@@H]1OC(COC(C)=O)[C@@H](O)C(O)[C@@H]1OC(C)=O. The summed E-state index contributed by atoms with van der Waals surface area (Å²) in [7, 11) is 1.30. The molecule has 0 aliphatic carbocycles. The summed E-state index contributed by atoms with van der Waals surface area (Å²) in [6.07, 6.45) is -5.93. The fourth-order valence-corrected chi connectivity index (χ4v) is 1.75. The monoisotopic (exact) mass is 278 g/mol. The Bertz CT molecular complexity index is 327. The zero-order valence-corrected chi connectivity index (χ0v) is 10.9. The molecule has 5 atom stereocenters. The van der Waals surface area contributed by atoms with Gasteiger partial charge in [0.1, 0.15) is 24.9 Å². The molecule has 1 aliphatic rings. The number of hydrogen-bond acceptors (Lipinski definition) is 8. The van der Waals surface area contributed by atoms with Crippen LogP contribution in [0.5, 0.6) is 0 Å². The standard InChI is InChI=1S/C11H18O8/c1-5(12)17-4-7-8(14)9(15)10(18-6(2)13)11(16-3)19-7/h7-11,14-15H,4H2,1-3H3/t7?,8-,9?,10+,11-/m1/s1. The normalized spacial score (nSPS) is 34.7. The van der Waals surface area contributed by atoms with Crippen LogP contribution in [0, 0.1) is 0 Å². The third-order valence-corrected chi connectivity index (χ3v) is 2.63. The number of rotatable bonds is 4. The van der Waals surface area contributed by atoms with Gasteiger partial charge in [0, 0.05) is 21.0 Å². The second kappa shape index (κ2) is 6.80. The van der Waals surface area contributed by atoms with Crippen molar-refractivity contribution in [2.24, 2.45) is 0 Å². The number of carbonyl (C=O) groups excluding carboxylic acids is 2. The van der Waals surface area contributed by atoms with Gasteiger partial charge in [-0.05, 0) is 0 Å². The summed E-state index contributed by atoms with van der Waals surface area (Å²) >= 11 is 0. The fourth-order valence-electron chi connectivity index (χ4n) is 1.75. The summed E-state index contributed by atoms with van der Waals surface area (Å²) in [5, 5.41) is 19.7. The van der Waals surface area contributed by atoms with Crippen LogP contribution in [-0.4, -0.2) is 66.6 Å². The maximum Gasteiger partial charge on any atom is 0.303 e. The van der Waals surface area contributed by atoms with Gasteiger partial charge in [0.25, 0.3) is 0 Å². The number of aliphatic hydroxyl groups is 2. The van der Waals surface area contributed by atoms with E-state index in [0.29, 0.717) is 0 Å². The summed E-state index contributed by atoms with van der Waals surface area (Å²) in [4.78, 5) is 21.6. The van der Waals surface area contributed by atoms with E-state index in [9.17, 15) is 19.8 Å². The van der Waals surface area contributed by atoms with Crippen molar-refractivity contribution in [1.82, 2.24) is 0 Å². The lowest BCUT2D eigenvalue weighted by molar-refractivity contribution is -0.298. The topological polar surface area (TPSA) is 112 Å². The van der Waals surface area contributed by atoms with Crippen LogP contribution < -0.4 is 0 Å². The largest absolute Gasteiger partial charge is 0.463 e. The first kappa shape index (κ1) is 15.8. The van der Waals surface area contributed by atoms with Crippen LogP contribution in [0.15, 0.2) is 0 Å². The maximum atomic E-state index is 10.9. The second-order valence-electron chi connectivity index (χ2n) is 4.14. The molecule has 1 saturated heterocycles. The molecule has 0 radical (unpaired) electrons. The first-order chi connectivity index (χ1) is 8.86. The number of hydrogen-bond donors (Lipinski definition) is 2. The Balaban J connectivity index is 2.72. The highest BCUT2D eigenvalue weighted by atomic mass is 16.7. The molecule has 8 heteroatoms. The van der Waals surface area contributed by atoms with Crippen LogP contribution in [0.3, 0.4) is 0 Å². The summed E-state index contributed by atoms with van der Waals surface area (Å²) in [5.41, 5.74) is 0. The average Bonchev–Trinajstić information content (AvgIpc) is 2.33. The van der Waals surface area contributed by atoms with Crippen molar-refractivity contribution in [2.75, 3.05) is 13.7 Å². The Morgan fingerprint density at radius 2 is 1.79 bits per heavy atom. The third kappa shape index (κ3) is 4.13. The highest BCUT2D eigenvalue weighted by molar-refractivity contribution is 5.66. The van der Waals surface area contributed by atoms with Crippen molar-refractivity contribution in [3.63, 3.8) is 0 Å². The van der Waals surface area contributed by atoms with Gasteiger partial charge in [0.15, 0.2) is 12.4 Å². The molecule has 19 heavy (non-hydrogen) atoms. The molecule has 0 amide bonds. The summed E-state index contributed by atoms with van der Waals surface area (Å²) in [5.74, 6) is -1.18. The molecule has 0 saturated carbocycles. The van der Waals surface area contributed by atoms with E-state index in [4.69, 9.17) is 18.9 Å². The zero-order chi connectivity index (χ0) is 14.6. The molecular formula is C11H18O8. The minimum Gasteiger partial charge on any atom is -0.463 e. The molecule has 1 rings (SSSR count). The highest BCUT2D eigenvalue weighted by Gasteiger charge is 2.47. The average molecular weight is 278 g/mol. The molecule has 1 aliphatic heterocycles. The van der Waals surface area contributed by atoms with Crippen molar-refractivity contribution in [2.45, 2.75) is 44.6 Å². The van der Waals surface area contributed by atoms with Crippen molar-refractivity contribution >= 4 is 11.9 Å². The van der Waals surface area contributed by atoms with Gasteiger partial charge < -0.3 is 29.2 Å². The molecule has 1 heterocycles. The van der Waals surface area contributed by atoms with Gasteiger partial charge in [-0.25, -0.2) is 0 Å². The van der Waals surface area contributed by atoms with Gasteiger partial charge in [-0.1, -0.05) is 0 Å². The van der Waals surface area contributed by atoms with Crippen molar-refractivity contribution in [3.8, 4) is 0 Å². The van der Waals surface area contributed by atoms with Crippen molar-refractivity contribution < 1.29 is 38.7 Å². The van der Waals surface area contributed by atoms with Gasteiger partial charge in [-0.2, -0.15) is 0 Å². The van der Waals surface area contributed by atoms with Gasteiger partial charge in [-0.15, -0.1) is 0 Å². The van der Waals surface area contributed by atoms with Gasteiger partial charge >= 0.3 is 11.9 Å². The van der Waals surface area contributed by atoms with Crippen LogP contribution in [0.25, 0.3) is 0 Å². The van der Waals surface area contributed by atoms with Crippen LogP contribution >= 0.6 is 0 Å². The van der Waals surface area contributed by atoms with E-state index in [-0.39, 0.29) is 6.61 Å². The lowest BCUT2D eigenvalue weighted by Gasteiger charge is -2.40. The minimum absolute atomic E-state index is 0.236. The maximum absolute atomic E-state index is 10.9. The number of aliphatic hydroxyl groups excluding tert-OH is 2. The molecule has 0 bridgehead atoms. The van der Waals surface area contributed by atoms with E-state index in [1.807, 2.05) is 0 Å². The van der Waals surface area contributed by atoms with Crippen molar-refractivity contribution in [1.29, 1.82) is 0 Å². The van der Waals surface area contributed by atoms with E-state index in [0.717, 1.165) is 6.92 Å². The van der Waals surface area contributed by atoms with Crippen LogP contribution in [0.4, 0.5) is 0 Å². The number of ether oxygens (including phenoxy) is 4. The molecule has 8 nitrogen and oxygen atoms in total. The molecule has 0 spiro atoms. The van der Waals surface area contributed by atoms with Gasteiger partial charge in [-0.3, -0.25) is 9.59 Å². The first-order valence-corrected chi connectivity index (χ1v) is 5.71. The Morgan fingerprint density at radius 1 is 1.16 bits per heavy atom. The molecule has 0 aromatic rings. The number of esters is 2. The lowest BCUT2D eigenvalue weighted by atomic mass is 9.99. The zero-order valence-electron chi connectivity index (χ0n) is 10.9. The van der Waals surface area contributed by atoms with Crippen molar-refractivity contribution in [3.05, 3.63) is 0 Å². The molecular weight excluding hydrogens is 260 g/mol. The predicted molar refractivity (Wildman–Crippen MR) is 59.9 cm³/mol. The van der Waals surface area contributed by atoms with E-state index < -0.39 is 42.6 Å². The van der Waals surface area contributed by atoms with E-state index >= 15 is 0 Å². The molecule has 1 fully saturated rings. The van der Waals surface area contributed by atoms with E-state index in [2.05, 4.69) is 0 Å². The molecule has 2 N–H and O–H groups in total. The van der Waals surface area contributed by atoms with Crippen LogP contribution in [0.2, 0.25) is 0 Å². The van der Waals surface area contributed by atoms with Gasteiger partial charge in [0.05, 0.1) is 0 Å². The van der Waals surface area contributed by atoms with Crippen LogP contribution in [-0.2, 0) is 28.5 Å². The Labute approximate surface area is 110 Å². The fraction of sp³-hybridized carbons (Fsp3) is 0.818. The Kier molecular flexibility index (Phi) is 5.67. The van der Waals surface area contributed by atoms with E-state index in [1.54, 1.807) is 0 Å². The molecule has 110 valence electrons. The molecule has 0 aromatic carbocycles. The second-order valence-corrected chi connectivity index (χ2v) is 4.14. The summed E-state index contributed by atoms with van der Waals surface area (Å²) in [6.45, 7) is 2.14. The highest BCUT2D eigenvalue weighted by Crippen LogP contribution is 2.24. The smallest absolute Gasteiger partial charge is 0.303 e. The first-order valence-electron chi connectivity index (χ1n) is 5.71. The Morgan fingerprint density at radius 3 is 2.26 bits per heavy atom. The quantitative estimate of drug-likeness (QED) is 0.602. The summed E-state index contributed by atoms with van der Waals surface area (Å²) in [6, 6.07) is 0. The molecule has 2 unspecified atom stereocenters. The minimum atomic E-state index is -1.40. The summed E-state index contributed by atoms with van der Waals surface area (Å²) < 4.78 is 19.8. The Hall–Kier alpha value is -1.22.